The van der Waals surface area contributed by atoms with Gasteiger partial charge in [-0.05, 0) is 0 Å². The second-order valence-electron chi connectivity index (χ2n) is 2.12. The fraction of sp³-hybridized carbons (Fsp3) is 0.750. The molecule has 7 heteroatoms. The van der Waals surface area contributed by atoms with Crippen molar-refractivity contribution in [3.8, 4) is 0 Å². The average Bonchev–Trinajstić information content (AvgIpc) is 1.80. The number of hydrogen-bond donors (Lipinski definition) is 4. The summed E-state index contributed by atoms with van der Waals surface area (Å²) in [5.74, 6) is -4.10. The normalized spacial score (nSPS) is 14.5. The van der Waals surface area contributed by atoms with Crippen LogP contribution in [-0.4, -0.2) is 48.2 Å². The van der Waals surface area contributed by atoms with Gasteiger partial charge in [0.05, 0.1) is 0 Å². The fourth-order valence-corrected chi connectivity index (χ4v) is 1.71. The first-order valence-electron chi connectivity index (χ1n) is 2.86. The molecule has 5 N–H and O–H groups in total. The van der Waals surface area contributed by atoms with Crippen molar-refractivity contribution in [2.24, 2.45) is 5.73 Å². The van der Waals surface area contributed by atoms with Crippen LogP contribution in [0.5, 0.6) is 0 Å². The molecule has 0 aromatic heterocycles. The van der Waals surface area contributed by atoms with Crippen LogP contribution < -0.4 is 5.73 Å². The van der Waals surface area contributed by atoms with Gasteiger partial charge >= 0.3 is 71.1 Å². The van der Waals surface area contributed by atoms with Crippen LogP contribution in [0.1, 0.15) is 6.42 Å². The second kappa shape index (κ2) is 4.36. The standard InChI is InChI=1S/C4H10NO4PSe/c5-3(4(6)7)1-2-10(8,9)11/h3H,1-2,5H2,(H,6,7)(H2,8,9,11)/t3-/m1/s1. The number of nitrogens with two attached hydrogens (primary N) is 1. The first kappa shape index (κ1) is 11.3. The van der Waals surface area contributed by atoms with Crippen molar-refractivity contribution in [1.29, 1.82) is 0 Å². The molecule has 5 nitrogen and oxygen atoms in total. The van der Waals surface area contributed by atoms with Gasteiger partial charge in [-0.2, -0.15) is 0 Å². The third kappa shape index (κ3) is 6.69. The van der Waals surface area contributed by atoms with Gasteiger partial charge < -0.3 is 0 Å². The molecule has 0 heterocycles. The minimum atomic E-state index is -2.98. The summed E-state index contributed by atoms with van der Waals surface area (Å²) in [5, 5.41) is 8.29. The summed E-state index contributed by atoms with van der Waals surface area (Å²) in [6.07, 6.45) is 0.0869. The van der Waals surface area contributed by atoms with E-state index in [2.05, 4.69) is 15.1 Å². The van der Waals surface area contributed by atoms with Crippen LogP contribution in [0.2, 0.25) is 0 Å². The fourth-order valence-electron chi connectivity index (χ4n) is 0.431. The van der Waals surface area contributed by atoms with E-state index in [9.17, 15) is 4.79 Å². The first-order valence-corrected chi connectivity index (χ1v) is 6.95. The van der Waals surface area contributed by atoms with Crippen LogP contribution in [0.25, 0.3) is 0 Å². The summed E-state index contributed by atoms with van der Waals surface area (Å²) in [4.78, 5) is 27.8. The van der Waals surface area contributed by atoms with Gasteiger partial charge in [0.1, 0.15) is 0 Å². The van der Waals surface area contributed by atoms with E-state index in [1.54, 1.807) is 0 Å². The summed E-state index contributed by atoms with van der Waals surface area (Å²) in [6, 6.07) is -1.01. The summed E-state index contributed by atoms with van der Waals surface area (Å²) >= 11 is 2.18. The number of hydrogen-bond acceptors (Lipinski definition) is 4. The Morgan fingerprint density at radius 2 is 2.09 bits per heavy atom. The predicted octanol–water partition coefficient (Wildman–Crippen LogP) is -1.30. The molecule has 0 saturated carbocycles. The zero-order chi connectivity index (χ0) is 9.07. The van der Waals surface area contributed by atoms with Gasteiger partial charge in [-0.3, -0.25) is 0 Å². The van der Waals surface area contributed by atoms with E-state index in [-0.39, 0.29) is 12.6 Å². The van der Waals surface area contributed by atoms with Gasteiger partial charge in [0, 0.05) is 0 Å². The first-order chi connectivity index (χ1) is 4.83. The Hall–Kier alpha value is 0.299. The van der Waals surface area contributed by atoms with E-state index >= 15 is 0 Å². The summed E-state index contributed by atoms with van der Waals surface area (Å²) in [5.41, 5.74) is 5.11. The molecule has 1 atom stereocenters. The molecule has 0 amide bonds. The van der Waals surface area contributed by atoms with Gasteiger partial charge in [-0.25, -0.2) is 0 Å². The van der Waals surface area contributed by atoms with E-state index in [0.717, 1.165) is 0 Å². The average molecular weight is 246 g/mol. The molecule has 0 aliphatic heterocycles. The van der Waals surface area contributed by atoms with Crippen molar-refractivity contribution < 1.29 is 19.7 Å². The number of aliphatic carboxylic acids is 1. The van der Waals surface area contributed by atoms with E-state index in [0.29, 0.717) is 0 Å². The summed E-state index contributed by atoms with van der Waals surface area (Å²) in [7, 11) is 0. The molecule has 0 aromatic carbocycles. The van der Waals surface area contributed by atoms with E-state index in [1.165, 1.54) is 0 Å². The monoisotopic (exact) mass is 247 g/mol. The van der Waals surface area contributed by atoms with Crippen LogP contribution in [0.4, 0.5) is 0 Å². The van der Waals surface area contributed by atoms with Gasteiger partial charge in [0.2, 0.25) is 0 Å². The van der Waals surface area contributed by atoms with E-state index in [1.807, 2.05) is 0 Å². The summed E-state index contributed by atoms with van der Waals surface area (Å²) in [6.45, 7) is 0. The van der Waals surface area contributed by atoms with Crippen molar-refractivity contribution in [3.63, 3.8) is 0 Å². The molecule has 0 rings (SSSR count). The molecule has 0 aromatic rings. The van der Waals surface area contributed by atoms with Gasteiger partial charge in [0.15, 0.2) is 0 Å². The van der Waals surface area contributed by atoms with Crippen molar-refractivity contribution in [2.75, 3.05) is 6.16 Å². The molecular formula is C4H10NO4PSe. The van der Waals surface area contributed by atoms with Crippen molar-refractivity contribution in [1.82, 2.24) is 0 Å². The molecule has 66 valence electrons. The Labute approximate surface area is 71.6 Å². The number of carboxylic acid groups (broad SMARTS) is 1. The zero-order valence-electron chi connectivity index (χ0n) is 5.67. The zero-order valence-corrected chi connectivity index (χ0v) is 8.28. The van der Waals surface area contributed by atoms with Gasteiger partial charge in [-0.1, -0.05) is 0 Å². The Kier molecular flexibility index (Phi) is 4.47. The quantitative estimate of drug-likeness (QED) is 0.365. The molecule has 0 saturated heterocycles. The molecule has 0 radical (unpaired) electrons. The molecular weight excluding hydrogens is 236 g/mol. The third-order valence-corrected chi connectivity index (χ3v) is 3.04. The molecule has 11 heavy (non-hydrogen) atoms. The summed E-state index contributed by atoms with van der Waals surface area (Å²) < 4.78 is 0. The van der Waals surface area contributed by atoms with Crippen LogP contribution in [0, 0.1) is 0 Å². The van der Waals surface area contributed by atoms with Crippen LogP contribution in [0.15, 0.2) is 0 Å². The number of carboxylic acids is 1. The van der Waals surface area contributed by atoms with E-state index < -0.39 is 18.0 Å². The van der Waals surface area contributed by atoms with Crippen molar-refractivity contribution in [2.45, 2.75) is 12.5 Å². The Morgan fingerprint density at radius 3 is 2.36 bits per heavy atom. The van der Waals surface area contributed by atoms with Gasteiger partial charge in [0.25, 0.3) is 0 Å². The minimum absolute atomic E-state index is 0.0144. The van der Waals surface area contributed by atoms with Gasteiger partial charge in [-0.15, -0.1) is 0 Å². The molecule has 0 unspecified atom stereocenters. The van der Waals surface area contributed by atoms with E-state index in [4.69, 9.17) is 20.6 Å². The number of rotatable bonds is 4. The Bertz CT molecular complexity index is 191. The van der Waals surface area contributed by atoms with Crippen molar-refractivity contribution in [3.05, 3.63) is 0 Å². The van der Waals surface area contributed by atoms with Crippen molar-refractivity contribution >= 4 is 27.0 Å². The van der Waals surface area contributed by atoms with Crippen LogP contribution in [0.3, 0.4) is 0 Å². The van der Waals surface area contributed by atoms with Crippen LogP contribution >= 0.6 is 5.96 Å². The Balaban J connectivity index is 3.72. The Morgan fingerprint density at radius 1 is 1.64 bits per heavy atom. The SMILES string of the molecule is N[C@H](CCP(O)(O)=[Se])C(=O)O. The molecule has 0 fully saturated rings. The predicted molar refractivity (Wildman–Crippen MR) is 42.2 cm³/mol. The molecule has 0 spiro atoms. The number of carbonyl (C=O) groups is 1. The van der Waals surface area contributed by atoms with Crippen LogP contribution in [-0.2, 0) is 4.79 Å². The molecule has 0 aliphatic carbocycles. The molecule has 0 aliphatic rings. The molecule has 0 bridgehead atoms. The topological polar surface area (TPSA) is 104 Å². The maximum absolute atomic E-state index is 10.1. The maximum atomic E-state index is 10.1. The third-order valence-electron chi connectivity index (χ3n) is 1.05. The second-order valence-corrected chi connectivity index (χ2v) is 7.58.